The molecule has 2 saturated heterocycles. The minimum atomic E-state index is -1.69. The van der Waals surface area contributed by atoms with E-state index in [4.69, 9.17) is 18.9 Å². The SMILES string of the molecule is CC(C)=CCc1cc(C(=O)O)cc(CC=C(C)C)c1O[C@H]1O[C@H](CO)[C@@H](O)[C@H](O)[C@H]1O[C@@H]1OC[C@@H](O)[C@H](O)[C@H]1O. The molecule has 0 aromatic heterocycles. The van der Waals surface area contributed by atoms with Crippen LogP contribution in [0.4, 0.5) is 0 Å². The van der Waals surface area contributed by atoms with Crippen LogP contribution in [0.15, 0.2) is 35.4 Å². The number of carbonyl (C=O) groups is 1. The monoisotopic (exact) mass is 568 g/mol. The van der Waals surface area contributed by atoms with Gasteiger partial charge in [-0.2, -0.15) is 0 Å². The highest BCUT2D eigenvalue weighted by Crippen LogP contribution is 2.34. The number of ether oxygens (including phenoxy) is 4. The van der Waals surface area contributed by atoms with Crippen LogP contribution in [0.25, 0.3) is 0 Å². The van der Waals surface area contributed by atoms with Crippen LogP contribution >= 0.6 is 0 Å². The van der Waals surface area contributed by atoms with Crippen LogP contribution in [-0.4, -0.2) is 110 Å². The van der Waals surface area contributed by atoms with Crippen LogP contribution in [0.3, 0.4) is 0 Å². The topological polar surface area (TPSA) is 196 Å². The number of benzene rings is 1. The summed E-state index contributed by atoms with van der Waals surface area (Å²) in [6.07, 6.45) is -9.28. The van der Waals surface area contributed by atoms with Gasteiger partial charge in [0.1, 0.15) is 42.4 Å². The average molecular weight is 569 g/mol. The molecule has 1 aromatic carbocycles. The molecular weight excluding hydrogens is 528 g/mol. The van der Waals surface area contributed by atoms with Crippen molar-refractivity contribution in [3.63, 3.8) is 0 Å². The third kappa shape index (κ3) is 7.66. The Hall–Kier alpha value is -2.39. The summed E-state index contributed by atoms with van der Waals surface area (Å²) < 4.78 is 23.1. The second-order valence-corrected chi connectivity index (χ2v) is 10.6. The number of hydrogen-bond donors (Lipinski definition) is 7. The first kappa shape index (κ1) is 32.1. The van der Waals surface area contributed by atoms with E-state index in [9.17, 15) is 40.5 Å². The summed E-state index contributed by atoms with van der Waals surface area (Å²) in [5.41, 5.74) is 3.03. The van der Waals surface area contributed by atoms with Gasteiger partial charge in [-0.1, -0.05) is 23.3 Å². The summed E-state index contributed by atoms with van der Waals surface area (Å²) in [6, 6.07) is 2.95. The predicted octanol–water partition coefficient (Wildman–Crippen LogP) is 0.0442. The molecule has 2 heterocycles. The molecule has 40 heavy (non-hydrogen) atoms. The van der Waals surface area contributed by atoms with Crippen molar-refractivity contribution >= 4 is 5.97 Å². The Labute approximate surface area is 232 Å². The molecule has 1 aromatic rings. The van der Waals surface area contributed by atoms with Gasteiger partial charge in [-0.25, -0.2) is 4.79 Å². The number of allylic oxidation sites excluding steroid dienone is 4. The van der Waals surface area contributed by atoms with Crippen molar-refractivity contribution in [2.24, 2.45) is 0 Å². The summed E-state index contributed by atoms with van der Waals surface area (Å²) in [5.74, 6) is -0.860. The lowest BCUT2D eigenvalue weighted by molar-refractivity contribution is -0.345. The smallest absolute Gasteiger partial charge is 0.335 e. The Morgan fingerprint density at radius 3 is 1.98 bits per heavy atom. The van der Waals surface area contributed by atoms with Crippen molar-refractivity contribution in [2.45, 2.75) is 95.8 Å². The molecule has 2 fully saturated rings. The minimum absolute atomic E-state index is 0.0500. The Kier molecular flexibility index (Phi) is 11.2. The van der Waals surface area contributed by atoms with Crippen molar-refractivity contribution < 1.29 is 59.5 Å². The van der Waals surface area contributed by atoms with Crippen molar-refractivity contribution in [3.8, 4) is 5.75 Å². The maximum Gasteiger partial charge on any atom is 0.335 e. The number of carboxylic acid groups (broad SMARTS) is 1. The van der Waals surface area contributed by atoms with Crippen molar-refractivity contribution in [1.82, 2.24) is 0 Å². The van der Waals surface area contributed by atoms with Gasteiger partial charge < -0.3 is 54.7 Å². The van der Waals surface area contributed by atoms with E-state index < -0.39 is 67.9 Å². The summed E-state index contributed by atoms with van der Waals surface area (Å²) in [6.45, 7) is 6.55. The number of hydrogen-bond acceptors (Lipinski definition) is 11. The average Bonchev–Trinajstić information content (AvgIpc) is 2.90. The third-order valence-corrected chi connectivity index (χ3v) is 6.75. The van der Waals surface area contributed by atoms with Crippen LogP contribution in [0, 0.1) is 0 Å². The van der Waals surface area contributed by atoms with Gasteiger partial charge in [0.15, 0.2) is 12.4 Å². The normalized spacial score (nSPS) is 32.3. The lowest BCUT2D eigenvalue weighted by Crippen LogP contribution is -2.63. The molecule has 0 bridgehead atoms. The minimum Gasteiger partial charge on any atom is -0.478 e. The molecular formula is C28H40O12. The van der Waals surface area contributed by atoms with E-state index in [1.54, 1.807) is 0 Å². The van der Waals surface area contributed by atoms with Crippen LogP contribution < -0.4 is 4.74 Å². The van der Waals surface area contributed by atoms with E-state index in [0.717, 1.165) is 11.1 Å². The Morgan fingerprint density at radius 1 is 0.900 bits per heavy atom. The summed E-state index contributed by atoms with van der Waals surface area (Å²) in [7, 11) is 0. The van der Waals surface area contributed by atoms with Crippen molar-refractivity contribution in [2.75, 3.05) is 13.2 Å². The van der Waals surface area contributed by atoms with Crippen LogP contribution in [0.2, 0.25) is 0 Å². The van der Waals surface area contributed by atoms with Gasteiger partial charge in [0.2, 0.25) is 6.29 Å². The van der Waals surface area contributed by atoms with Crippen LogP contribution in [0.1, 0.15) is 49.2 Å². The number of rotatable bonds is 10. The molecule has 0 aliphatic carbocycles. The Bertz CT molecular complexity index is 1040. The summed E-state index contributed by atoms with van der Waals surface area (Å²) >= 11 is 0. The van der Waals surface area contributed by atoms with E-state index in [1.165, 1.54) is 12.1 Å². The van der Waals surface area contributed by atoms with Gasteiger partial charge in [-0.15, -0.1) is 0 Å². The highest BCUT2D eigenvalue weighted by atomic mass is 16.8. The van der Waals surface area contributed by atoms with Gasteiger partial charge in [-0.3, -0.25) is 0 Å². The summed E-state index contributed by atoms with van der Waals surface area (Å²) in [4.78, 5) is 11.9. The zero-order chi connectivity index (χ0) is 29.7. The molecule has 0 unspecified atom stereocenters. The first-order chi connectivity index (χ1) is 18.8. The molecule has 0 amide bonds. The largest absolute Gasteiger partial charge is 0.478 e. The molecule has 0 saturated carbocycles. The standard InChI is InChI=1S/C28H40O12/c1-13(2)5-7-15-9-17(26(35)36)10-16(8-6-14(3)4)24(15)39-28-25(22(33)21(32)19(11-29)38-28)40-27-23(34)20(31)18(30)12-37-27/h5-6,9-10,18-23,25,27-34H,7-8,11-12H2,1-4H3,(H,35,36)/t18-,19-,20+,21-,22+,23-,25-,27+,28-/m1/s1. The third-order valence-electron chi connectivity index (χ3n) is 6.75. The molecule has 9 atom stereocenters. The van der Waals surface area contributed by atoms with Gasteiger partial charge in [0.25, 0.3) is 0 Å². The fourth-order valence-electron chi connectivity index (χ4n) is 4.43. The van der Waals surface area contributed by atoms with Crippen LogP contribution in [0.5, 0.6) is 5.75 Å². The molecule has 12 heteroatoms. The van der Waals surface area contributed by atoms with E-state index in [1.807, 2.05) is 39.8 Å². The number of carboxylic acids is 1. The second-order valence-electron chi connectivity index (χ2n) is 10.6. The Balaban J connectivity index is 2.06. The lowest BCUT2D eigenvalue weighted by atomic mass is 9.97. The quantitative estimate of drug-likeness (QED) is 0.188. The zero-order valence-electron chi connectivity index (χ0n) is 23.0. The number of aromatic carboxylic acids is 1. The van der Waals surface area contributed by atoms with E-state index in [0.29, 0.717) is 24.0 Å². The maximum atomic E-state index is 11.9. The van der Waals surface area contributed by atoms with Gasteiger partial charge >= 0.3 is 5.97 Å². The molecule has 2 aliphatic heterocycles. The first-order valence-electron chi connectivity index (χ1n) is 13.1. The highest BCUT2D eigenvalue weighted by Gasteiger charge is 2.50. The Morgan fingerprint density at radius 2 is 1.48 bits per heavy atom. The molecule has 7 N–H and O–H groups in total. The van der Waals surface area contributed by atoms with Gasteiger partial charge in [0, 0.05) is 0 Å². The first-order valence-corrected chi connectivity index (χ1v) is 13.1. The van der Waals surface area contributed by atoms with Crippen molar-refractivity contribution in [1.29, 1.82) is 0 Å². The molecule has 224 valence electrons. The van der Waals surface area contributed by atoms with Gasteiger partial charge in [0.05, 0.1) is 18.8 Å². The zero-order valence-corrected chi connectivity index (χ0v) is 23.0. The van der Waals surface area contributed by atoms with Gasteiger partial charge in [-0.05, 0) is 63.8 Å². The number of aliphatic hydroxyl groups is 6. The molecule has 0 spiro atoms. The lowest BCUT2D eigenvalue weighted by Gasteiger charge is -2.44. The molecule has 3 rings (SSSR count). The van der Waals surface area contributed by atoms with Crippen LogP contribution in [-0.2, 0) is 27.1 Å². The fourth-order valence-corrected chi connectivity index (χ4v) is 4.43. The van der Waals surface area contributed by atoms with E-state index >= 15 is 0 Å². The molecule has 2 aliphatic rings. The maximum absolute atomic E-state index is 11.9. The van der Waals surface area contributed by atoms with Crippen molar-refractivity contribution in [3.05, 3.63) is 52.1 Å². The number of aliphatic hydroxyl groups excluding tert-OH is 6. The molecule has 0 radical (unpaired) electrons. The second kappa shape index (κ2) is 14.0. The highest BCUT2D eigenvalue weighted by molar-refractivity contribution is 5.88. The van der Waals surface area contributed by atoms with E-state index in [-0.39, 0.29) is 17.9 Å². The fraction of sp³-hybridized carbons (Fsp3) is 0.607. The predicted molar refractivity (Wildman–Crippen MR) is 141 cm³/mol. The van der Waals surface area contributed by atoms with E-state index in [2.05, 4.69) is 0 Å². The molecule has 12 nitrogen and oxygen atoms in total. The summed E-state index contributed by atoms with van der Waals surface area (Å²) in [5, 5.41) is 71.2.